The first kappa shape index (κ1) is 18.7. The van der Waals surface area contributed by atoms with Gasteiger partial charge in [-0.1, -0.05) is 31.5 Å². The van der Waals surface area contributed by atoms with E-state index in [9.17, 15) is 4.79 Å². The topological polar surface area (TPSA) is 45.0 Å². The number of halogens is 1. The molecule has 0 bridgehead atoms. The second-order valence-electron chi connectivity index (χ2n) is 6.60. The van der Waals surface area contributed by atoms with Gasteiger partial charge in [-0.25, -0.2) is 0 Å². The van der Waals surface area contributed by atoms with Crippen molar-refractivity contribution < 1.29 is 4.79 Å². The molecule has 1 unspecified atom stereocenters. The molecule has 0 radical (unpaired) electrons. The number of likely N-dealkylation sites (tertiary alicyclic amines) is 1. The Hall–Kier alpha value is -1.68. The number of hydrogen-bond acceptors (Lipinski definition) is 3. The standard InChI is InChI=1S/C19H26ClN3O/c1-4-21-22-13-17-7-5-6-10-23(17)19(24)18-12-16(20)9-8-15(18)11-14(2)3/h4,8-9,12-14,17H,5-7,10-11H2,1-3H3/b21-4+,22-13-. The molecule has 1 amide bonds. The summed E-state index contributed by atoms with van der Waals surface area (Å²) in [6.45, 7) is 6.88. The summed E-state index contributed by atoms with van der Waals surface area (Å²) in [6, 6.07) is 5.64. The van der Waals surface area contributed by atoms with Gasteiger partial charge in [-0.15, -0.1) is 0 Å². The molecule has 5 heteroatoms. The number of hydrogen-bond donors (Lipinski definition) is 0. The van der Waals surface area contributed by atoms with Crippen LogP contribution in [0.2, 0.25) is 5.02 Å². The minimum atomic E-state index is 0.000770. The van der Waals surface area contributed by atoms with Crippen molar-refractivity contribution in [1.82, 2.24) is 4.90 Å². The van der Waals surface area contributed by atoms with Crippen LogP contribution in [0.4, 0.5) is 0 Å². The molecule has 1 aliphatic heterocycles. The Labute approximate surface area is 149 Å². The van der Waals surface area contributed by atoms with Crippen LogP contribution in [0.1, 0.15) is 56.0 Å². The molecule has 1 aromatic rings. The molecule has 1 aliphatic rings. The number of amides is 1. The summed E-state index contributed by atoms with van der Waals surface area (Å²) in [4.78, 5) is 15.1. The number of benzene rings is 1. The van der Waals surface area contributed by atoms with Crippen LogP contribution < -0.4 is 0 Å². The molecule has 1 aromatic carbocycles. The summed E-state index contributed by atoms with van der Waals surface area (Å²) >= 11 is 6.16. The lowest BCUT2D eigenvalue weighted by molar-refractivity contribution is 0.0683. The minimum absolute atomic E-state index is 0.000770. The molecule has 0 aromatic heterocycles. The SMILES string of the molecule is C/C=N/N=C\C1CCCCN1C(=O)c1cc(Cl)ccc1CC(C)C. The normalized spacial score (nSPS) is 18.9. The van der Waals surface area contributed by atoms with Crippen LogP contribution in [-0.4, -0.2) is 35.8 Å². The van der Waals surface area contributed by atoms with Crippen molar-refractivity contribution in [2.75, 3.05) is 6.54 Å². The molecule has 0 aliphatic carbocycles. The van der Waals surface area contributed by atoms with Crippen molar-refractivity contribution in [3.63, 3.8) is 0 Å². The van der Waals surface area contributed by atoms with Gasteiger partial charge in [-0.05, 0) is 56.2 Å². The van der Waals surface area contributed by atoms with E-state index in [0.717, 1.165) is 43.4 Å². The van der Waals surface area contributed by atoms with E-state index >= 15 is 0 Å². The van der Waals surface area contributed by atoms with Crippen LogP contribution in [0.5, 0.6) is 0 Å². The Bertz CT molecular complexity index is 625. The Balaban J connectivity index is 2.29. The molecule has 0 N–H and O–H groups in total. The lowest BCUT2D eigenvalue weighted by atomic mass is 9.95. The van der Waals surface area contributed by atoms with E-state index in [2.05, 4.69) is 24.1 Å². The molecular formula is C19H26ClN3O. The first-order valence-corrected chi connectivity index (χ1v) is 9.01. The van der Waals surface area contributed by atoms with Gasteiger partial charge in [0.05, 0.1) is 6.04 Å². The van der Waals surface area contributed by atoms with Gasteiger partial charge in [0.25, 0.3) is 5.91 Å². The monoisotopic (exact) mass is 347 g/mol. The average molecular weight is 348 g/mol. The summed E-state index contributed by atoms with van der Waals surface area (Å²) in [7, 11) is 0. The third-order valence-electron chi connectivity index (χ3n) is 4.16. The number of carbonyl (C=O) groups is 1. The maximum Gasteiger partial charge on any atom is 0.254 e. The predicted molar refractivity (Wildman–Crippen MR) is 101 cm³/mol. The van der Waals surface area contributed by atoms with E-state index in [-0.39, 0.29) is 11.9 Å². The first-order chi connectivity index (χ1) is 11.5. The van der Waals surface area contributed by atoms with Gasteiger partial charge >= 0.3 is 0 Å². The van der Waals surface area contributed by atoms with Crippen molar-refractivity contribution in [3.05, 3.63) is 34.3 Å². The van der Waals surface area contributed by atoms with Crippen molar-refractivity contribution in [2.45, 2.75) is 52.5 Å². The summed E-state index contributed by atoms with van der Waals surface area (Å²) in [5, 5.41) is 8.54. The highest BCUT2D eigenvalue weighted by molar-refractivity contribution is 6.31. The third-order valence-corrected chi connectivity index (χ3v) is 4.40. The van der Waals surface area contributed by atoms with Crippen molar-refractivity contribution >= 4 is 29.9 Å². The van der Waals surface area contributed by atoms with Crippen LogP contribution in [-0.2, 0) is 6.42 Å². The van der Waals surface area contributed by atoms with Gasteiger partial charge in [-0.3, -0.25) is 4.79 Å². The largest absolute Gasteiger partial charge is 0.331 e. The summed E-state index contributed by atoms with van der Waals surface area (Å²) in [6.07, 6.45) is 7.34. The fourth-order valence-electron chi connectivity index (χ4n) is 3.07. The molecule has 2 rings (SSSR count). The summed E-state index contributed by atoms with van der Waals surface area (Å²) in [5.74, 6) is 0.528. The molecule has 0 spiro atoms. The fraction of sp³-hybridized carbons (Fsp3) is 0.526. The van der Waals surface area contributed by atoms with Crippen LogP contribution in [0, 0.1) is 5.92 Å². The van der Waals surface area contributed by atoms with Gasteiger partial charge in [0.15, 0.2) is 0 Å². The fourth-order valence-corrected chi connectivity index (χ4v) is 3.24. The van der Waals surface area contributed by atoms with Gasteiger partial charge < -0.3 is 4.90 Å². The van der Waals surface area contributed by atoms with Crippen molar-refractivity contribution in [2.24, 2.45) is 16.1 Å². The molecule has 0 saturated carbocycles. The zero-order valence-corrected chi connectivity index (χ0v) is 15.5. The number of carbonyl (C=O) groups excluding carboxylic acids is 1. The molecule has 1 saturated heterocycles. The third kappa shape index (κ3) is 4.91. The van der Waals surface area contributed by atoms with E-state index < -0.39 is 0 Å². The second-order valence-corrected chi connectivity index (χ2v) is 7.04. The number of nitrogens with zero attached hydrogens (tertiary/aromatic N) is 3. The second kappa shape index (κ2) is 8.97. The number of rotatable bonds is 5. The van der Waals surface area contributed by atoms with Crippen LogP contribution in [0.15, 0.2) is 28.4 Å². The first-order valence-electron chi connectivity index (χ1n) is 8.63. The van der Waals surface area contributed by atoms with E-state index in [0.29, 0.717) is 10.9 Å². The molecule has 1 fully saturated rings. The molecule has 130 valence electrons. The zero-order chi connectivity index (χ0) is 17.5. The summed E-state index contributed by atoms with van der Waals surface area (Å²) in [5.41, 5.74) is 1.78. The van der Waals surface area contributed by atoms with E-state index in [1.165, 1.54) is 0 Å². The maximum absolute atomic E-state index is 13.2. The van der Waals surface area contributed by atoms with Crippen molar-refractivity contribution in [1.29, 1.82) is 0 Å². The quantitative estimate of drug-likeness (QED) is 0.566. The Morgan fingerprint density at radius 2 is 2.17 bits per heavy atom. The Kier molecular flexibility index (Phi) is 6.98. The van der Waals surface area contributed by atoms with E-state index in [1.807, 2.05) is 24.0 Å². The molecular weight excluding hydrogens is 322 g/mol. The molecule has 1 heterocycles. The average Bonchev–Trinajstić information content (AvgIpc) is 2.56. The van der Waals surface area contributed by atoms with Gasteiger partial charge in [0.1, 0.15) is 0 Å². The van der Waals surface area contributed by atoms with Gasteiger partial charge in [0, 0.05) is 29.6 Å². The highest BCUT2D eigenvalue weighted by Gasteiger charge is 2.28. The molecule has 24 heavy (non-hydrogen) atoms. The van der Waals surface area contributed by atoms with Crippen LogP contribution in [0.25, 0.3) is 0 Å². The Morgan fingerprint density at radius 3 is 2.88 bits per heavy atom. The lowest BCUT2D eigenvalue weighted by Crippen LogP contribution is -2.45. The molecule has 1 atom stereocenters. The van der Waals surface area contributed by atoms with Gasteiger partial charge in [0.2, 0.25) is 0 Å². The maximum atomic E-state index is 13.2. The van der Waals surface area contributed by atoms with E-state index in [1.54, 1.807) is 18.5 Å². The van der Waals surface area contributed by atoms with E-state index in [4.69, 9.17) is 11.6 Å². The van der Waals surface area contributed by atoms with Crippen molar-refractivity contribution in [3.8, 4) is 0 Å². The highest BCUT2D eigenvalue weighted by atomic mass is 35.5. The molecule has 4 nitrogen and oxygen atoms in total. The lowest BCUT2D eigenvalue weighted by Gasteiger charge is -2.34. The summed E-state index contributed by atoms with van der Waals surface area (Å²) < 4.78 is 0. The predicted octanol–water partition coefficient (Wildman–Crippen LogP) is 4.61. The highest BCUT2D eigenvalue weighted by Crippen LogP contribution is 2.24. The zero-order valence-electron chi connectivity index (χ0n) is 14.7. The smallest absolute Gasteiger partial charge is 0.254 e. The van der Waals surface area contributed by atoms with Crippen LogP contribution >= 0.6 is 11.6 Å². The minimum Gasteiger partial charge on any atom is -0.331 e. The van der Waals surface area contributed by atoms with Crippen LogP contribution in [0.3, 0.4) is 0 Å². The Morgan fingerprint density at radius 1 is 1.38 bits per heavy atom. The van der Waals surface area contributed by atoms with Gasteiger partial charge in [-0.2, -0.15) is 10.2 Å². The number of piperidine rings is 1.